The molecule has 4 nitrogen and oxygen atoms in total. The zero-order valence-electron chi connectivity index (χ0n) is 17.8. The van der Waals surface area contributed by atoms with Gasteiger partial charge in [0, 0.05) is 29.6 Å². The van der Waals surface area contributed by atoms with Crippen molar-refractivity contribution in [1.82, 2.24) is 10.2 Å². The van der Waals surface area contributed by atoms with Gasteiger partial charge in [0.2, 0.25) is 11.8 Å². The molecule has 7 heteroatoms. The fourth-order valence-corrected chi connectivity index (χ4v) is 4.63. The van der Waals surface area contributed by atoms with E-state index in [1.54, 1.807) is 35.2 Å². The smallest absolute Gasteiger partial charge is 0.226 e. The first-order chi connectivity index (χ1) is 15.9. The molecule has 170 valence electrons. The molecule has 3 aromatic carbocycles. The third-order valence-corrected chi connectivity index (χ3v) is 6.24. The molecule has 4 rings (SSSR count). The Hall–Kier alpha value is -2.89. The van der Waals surface area contributed by atoms with Crippen LogP contribution in [-0.2, 0) is 16.0 Å². The van der Waals surface area contributed by atoms with Crippen molar-refractivity contribution in [2.75, 3.05) is 13.1 Å². The highest BCUT2D eigenvalue weighted by molar-refractivity contribution is 6.34. The van der Waals surface area contributed by atoms with E-state index < -0.39 is 12.0 Å². The minimum atomic E-state index is -0.452. The van der Waals surface area contributed by atoms with Gasteiger partial charge in [-0.2, -0.15) is 0 Å². The van der Waals surface area contributed by atoms with Crippen molar-refractivity contribution in [3.05, 3.63) is 105 Å². The molecule has 1 heterocycles. The summed E-state index contributed by atoms with van der Waals surface area (Å²) in [6.45, 7) is 0.837. The van der Waals surface area contributed by atoms with Crippen molar-refractivity contribution in [3.63, 3.8) is 0 Å². The molecule has 0 aromatic heterocycles. The first kappa shape index (κ1) is 23.3. The van der Waals surface area contributed by atoms with Crippen LogP contribution in [0.1, 0.15) is 29.2 Å². The molecule has 0 radical (unpaired) electrons. The average Bonchev–Trinajstić information content (AvgIpc) is 3.17. The number of likely N-dealkylation sites (tertiary alicyclic amines) is 1. The molecule has 2 unspecified atom stereocenters. The van der Waals surface area contributed by atoms with Gasteiger partial charge in [-0.15, -0.1) is 0 Å². The summed E-state index contributed by atoms with van der Waals surface area (Å²) in [7, 11) is 0. The molecule has 1 fully saturated rings. The number of nitrogens with one attached hydrogen (secondary N) is 1. The van der Waals surface area contributed by atoms with Crippen LogP contribution in [0, 0.1) is 11.7 Å². The summed E-state index contributed by atoms with van der Waals surface area (Å²) in [6.07, 6.45) is 0.765. The zero-order valence-corrected chi connectivity index (χ0v) is 19.3. The third-order valence-electron chi connectivity index (χ3n) is 5.81. The molecular formula is C26H23Cl2FN2O2. The molecule has 1 saturated heterocycles. The van der Waals surface area contributed by atoms with Gasteiger partial charge in [-0.1, -0.05) is 65.7 Å². The van der Waals surface area contributed by atoms with E-state index in [2.05, 4.69) is 5.32 Å². The van der Waals surface area contributed by atoms with Gasteiger partial charge in [-0.3, -0.25) is 9.59 Å². The number of amides is 2. The zero-order chi connectivity index (χ0) is 23.4. The van der Waals surface area contributed by atoms with Crippen LogP contribution in [0.3, 0.4) is 0 Å². The molecule has 1 aliphatic rings. The molecular weight excluding hydrogens is 462 g/mol. The van der Waals surface area contributed by atoms with Gasteiger partial charge in [-0.25, -0.2) is 4.39 Å². The fourth-order valence-electron chi connectivity index (χ4n) is 4.09. The molecule has 1 N–H and O–H groups in total. The van der Waals surface area contributed by atoms with Gasteiger partial charge >= 0.3 is 0 Å². The van der Waals surface area contributed by atoms with Crippen molar-refractivity contribution >= 4 is 35.0 Å². The highest BCUT2D eigenvalue weighted by Gasteiger charge is 2.35. The van der Waals surface area contributed by atoms with E-state index in [9.17, 15) is 14.0 Å². The fraction of sp³-hybridized carbons (Fsp3) is 0.231. The summed E-state index contributed by atoms with van der Waals surface area (Å²) in [5, 5.41) is 4.05. The minimum absolute atomic E-state index is 0.0562. The van der Waals surface area contributed by atoms with E-state index in [0.29, 0.717) is 29.6 Å². The molecule has 2 amide bonds. The topological polar surface area (TPSA) is 49.4 Å². The molecule has 0 spiro atoms. The minimum Gasteiger partial charge on any atom is -0.345 e. The Labute approximate surface area is 202 Å². The van der Waals surface area contributed by atoms with Crippen molar-refractivity contribution in [1.29, 1.82) is 0 Å². The SMILES string of the molecule is O=C(NC(c1ccccc1)c1cc(Cl)cc(Cl)c1)C1CC(=O)N(CCc2ccc(F)cc2)C1. The average molecular weight is 485 g/mol. The number of rotatable bonds is 7. The Morgan fingerprint density at radius 2 is 1.67 bits per heavy atom. The molecule has 3 aromatic rings. The quantitative estimate of drug-likeness (QED) is 0.485. The van der Waals surface area contributed by atoms with Crippen LogP contribution in [0.4, 0.5) is 4.39 Å². The summed E-state index contributed by atoms with van der Waals surface area (Å²) in [6, 6.07) is 20.5. The maximum absolute atomic E-state index is 13.2. The first-order valence-corrected chi connectivity index (χ1v) is 11.5. The largest absolute Gasteiger partial charge is 0.345 e. The van der Waals surface area contributed by atoms with E-state index >= 15 is 0 Å². The van der Waals surface area contributed by atoms with Crippen LogP contribution >= 0.6 is 23.2 Å². The normalized spacial score (nSPS) is 16.6. The van der Waals surface area contributed by atoms with E-state index in [4.69, 9.17) is 23.2 Å². The maximum atomic E-state index is 13.2. The number of halogens is 3. The summed E-state index contributed by atoms with van der Waals surface area (Å²) in [5.41, 5.74) is 2.60. The second kappa shape index (κ2) is 10.4. The highest BCUT2D eigenvalue weighted by atomic mass is 35.5. The van der Waals surface area contributed by atoms with Gasteiger partial charge in [-0.05, 0) is 53.4 Å². The Balaban J connectivity index is 1.45. The number of nitrogens with zero attached hydrogens (tertiary/aromatic N) is 1. The summed E-state index contributed by atoms with van der Waals surface area (Å²) < 4.78 is 13.1. The van der Waals surface area contributed by atoms with E-state index in [1.165, 1.54) is 12.1 Å². The van der Waals surface area contributed by atoms with Crippen LogP contribution in [0.15, 0.2) is 72.8 Å². The Kier molecular flexibility index (Phi) is 7.31. The van der Waals surface area contributed by atoms with E-state index in [0.717, 1.165) is 16.7 Å². The van der Waals surface area contributed by atoms with Gasteiger partial charge < -0.3 is 10.2 Å². The van der Waals surface area contributed by atoms with Crippen LogP contribution in [0.5, 0.6) is 0 Å². The number of hydrogen-bond donors (Lipinski definition) is 1. The molecule has 0 aliphatic carbocycles. The highest BCUT2D eigenvalue weighted by Crippen LogP contribution is 2.29. The lowest BCUT2D eigenvalue weighted by Crippen LogP contribution is -2.36. The van der Waals surface area contributed by atoms with Gasteiger partial charge in [0.15, 0.2) is 0 Å². The van der Waals surface area contributed by atoms with Crippen LogP contribution < -0.4 is 5.32 Å². The Bertz CT molecular complexity index is 1120. The number of benzene rings is 3. The Morgan fingerprint density at radius 1 is 1.00 bits per heavy atom. The second-order valence-corrected chi connectivity index (χ2v) is 9.05. The first-order valence-electron chi connectivity index (χ1n) is 10.7. The van der Waals surface area contributed by atoms with Crippen molar-refractivity contribution in [2.45, 2.75) is 18.9 Å². The predicted octanol–water partition coefficient (Wildman–Crippen LogP) is 5.43. The van der Waals surface area contributed by atoms with Crippen LogP contribution in [0.25, 0.3) is 0 Å². The van der Waals surface area contributed by atoms with E-state index in [1.807, 2.05) is 30.3 Å². The summed E-state index contributed by atoms with van der Waals surface area (Å²) >= 11 is 12.4. The van der Waals surface area contributed by atoms with Crippen molar-refractivity contribution in [3.8, 4) is 0 Å². The molecule has 0 bridgehead atoms. The van der Waals surface area contributed by atoms with Crippen molar-refractivity contribution in [2.24, 2.45) is 5.92 Å². The summed E-state index contributed by atoms with van der Waals surface area (Å²) in [4.78, 5) is 27.4. The number of hydrogen-bond acceptors (Lipinski definition) is 2. The number of carbonyl (C=O) groups is 2. The standard InChI is InChI=1S/C26H23Cl2FN2O2/c27-21-12-19(13-22(28)15-21)25(18-4-2-1-3-5-18)30-26(33)20-14-24(32)31(16-20)11-10-17-6-8-23(29)9-7-17/h1-9,12-13,15,20,25H,10-11,14,16H2,(H,30,33). The van der Waals surface area contributed by atoms with Gasteiger partial charge in [0.05, 0.1) is 12.0 Å². The second-order valence-electron chi connectivity index (χ2n) is 8.17. The van der Waals surface area contributed by atoms with Crippen LogP contribution in [0.2, 0.25) is 10.0 Å². The third kappa shape index (κ3) is 5.92. The van der Waals surface area contributed by atoms with E-state index in [-0.39, 0.29) is 24.1 Å². The molecule has 2 atom stereocenters. The lowest BCUT2D eigenvalue weighted by molar-refractivity contribution is -0.129. The lowest BCUT2D eigenvalue weighted by Gasteiger charge is -2.22. The number of carbonyl (C=O) groups excluding carboxylic acids is 2. The van der Waals surface area contributed by atoms with Gasteiger partial charge in [0.1, 0.15) is 5.82 Å². The Morgan fingerprint density at radius 3 is 2.33 bits per heavy atom. The predicted molar refractivity (Wildman–Crippen MR) is 128 cm³/mol. The van der Waals surface area contributed by atoms with Crippen LogP contribution in [-0.4, -0.2) is 29.8 Å². The van der Waals surface area contributed by atoms with Crippen molar-refractivity contribution < 1.29 is 14.0 Å². The monoisotopic (exact) mass is 484 g/mol. The molecule has 0 saturated carbocycles. The molecule has 33 heavy (non-hydrogen) atoms. The lowest BCUT2D eigenvalue weighted by atomic mass is 9.97. The summed E-state index contributed by atoms with van der Waals surface area (Å²) in [5.74, 6) is -0.995. The maximum Gasteiger partial charge on any atom is 0.226 e. The van der Waals surface area contributed by atoms with Gasteiger partial charge in [0.25, 0.3) is 0 Å². The molecule has 1 aliphatic heterocycles.